The maximum Gasteiger partial charge on any atom is 0.243 e. The summed E-state index contributed by atoms with van der Waals surface area (Å²) in [6, 6.07) is 5.02. The van der Waals surface area contributed by atoms with E-state index in [2.05, 4.69) is 5.32 Å². The summed E-state index contributed by atoms with van der Waals surface area (Å²) in [4.78, 5) is 13.0. The third kappa shape index (κ3) is 4.28. The minimum Gasteiger partial charge on any atom is -0.325 e. The number of anilines is 1. The Morgan fingerprint density at radius 2 is 2.09 bits per heavy atom. The van der Waals surface area contributed by atoms with Gasteiger partial charge < -0.3 is 5.32 Å². The molecule has 1 unspecified atom stereocenters. The molecule has 1 atom stereocenters. The second kappa shape index (κ2) is 7.68. The van der Waals surface area contributed by atoms with Gasteiger partial charge in [0.05, 0.1) is 10.6 Å². The topological polar surface area (TPSA) is 66.5 Å². The second-order valence-corrected chi connectivity index (χ2v) is 9.11. The van der Waals surface area contributed by atoms with Crippen molar-refractivity contribution in [3.63, 3.8) is 0 Å². The molecule has 7 heteroatoms. The SMILES string of the molecule is CCCCN(CC)S(=O)(=O)c1ccc2c(c1)NC(=O)CC(C)S2. The van der Waals surface area contributed by atoms with Gasteiger partial charge in [-0.3, -0.25) is 4.79 Å². The molecule has 1 aliphatic heterocycles. The van der Waals surface area contributed by atoms with E-state index >= 15 is 0 Å². The number of unbranched alkanes of at least 4 members (excludes halogenated alkanes) is 1. The Hall–Kier alpha value is -1.05. The normalized spacial score (nSPS) is 18.4. The maximum atomic E-state index is 12.8. The molecule has 1 aromatic rings. The summed E-state index contributed by atoms with van der Waals surface area (Å²) in [6.45, 7) is 6.84. The van der Waals surface area contributed by atoms with Crippen molar-refractivity contribution in [3.05, 3.63) is 18.2 Å². The molecule has 2 rings (SSSR count). The van der Waals surface area contributed by atoms with Crippen molar-refractivity contribution in [2.24, 2.45) is 0 Å². The molecule has 1 aliphatic rings. The minimum atomic E-state index is -3.53. The first-order valence-corrected chi connectivity index (χ1v) is 10.3. The number of rotatable bonds is 6. The van der Waals surface area contributed by atoms with E-state index in [0.29, 0.717) is 25.2 Å². The van der Waals surface area contributed by atoms with Crippen molar-refractivity contribution < 1.29 is 13.2 Å². The molecule has 1 N–H and O–H groups in total. The number of carbonyl (C=O) groups is 1. The lowest BCUT2D eigenvalue weighted by atomic mass is 10.3. The summed E-state index contributed by atoms with van der Waals surface area (Å²) in [5.41, 5.74) is 0.594. The number of hydrogen-bond donors (Lipinski definition) is 1. The van der Waals surface area contributed by atoms with Crippen LogP contribution in [0.4, 0.5) is 5.69 Å². The van der Waals surface area contributed by atoms with Crippen molar-refractivity contribution in [3.8, 4) is 0 Å². The van der Waals surface area contributed by atoms with Crippen LogP contribution in [0.15, 0.2) is 28.0 Å². The van der Waals surface area contributed by atoms with Crippen LogP contribution in [0.2, 0.25) is 0 Å². The van der Waals surface area contributed by atoms with Gasteiger partial charge >= 0.3 is 0 Å². The van der Waals surface area contributed by atoms with Gasteiger partial charge in [0.15, 0.2) is 0 Å². The molecule has 1 aromatic carbocycles. The zero-order chi connectivity index (χ0) is 17.0. The number of nitrogens with one attached hydrogen (secondary N) is 1. The fourth-order valence-corrected chi connectivity index (χ4v) is 5.09. The highest BCUT2D eigenvalue weighted by Crippen LogP contribution is 2.36. The van der Waals surface area contributed by atoms with E-state index in [1.54, 1.807) is 30.0 Å². The van der Waals surface area contributed by atoms with E-state index in [1.807, 2.05) is 20.8 Å². The van der Waals surface area contributed by atoms with Crippen LogP contribution in [-0.4, -0.2) is 37.0 Å². The molecule has 0 saturated heterocycles. The van der Waals surface area contributed by atoms with Crippen LogP contribution in [-0.2, 0) is 14.8 Å². The molecular formula is C16H24N2O3S2. The Balaban J connectivity index is 2.35. The number of thioether (sulfide) groups is 1. The summed E-state index contributed by atoms with van der Waals surface area (Å²) < 4.78 is 27.1. The Labute approximate surface area is 142 Å². The van der Waals surface area contributed by atoms with Gasteiger partial charge in [-0.25, -0.2) is 8.42 Å². The summed E-state index contributed by atoms with van der Waals surface area (Å²) in [5, 5.41) is 3.00. The van der Waals surface area contributed by atoms with Crippen LogP contribution >= 0.6 is 11.8 Å². The summed E-state index contributed by atoms with van der Waals surface area (Å²) in [6.07, 6.45) is 2.21. The number of benzene rings is 1. The van der Waals surface area contributed by atoms with Gasteiger partial charge in [-0.15, -0.1) is 11.8 Å². The molecule has 0 aromatic heterocycles. The standard InChI is InChI=1S/C16H24N2O3S2/c1-4-6-9-18(5-2)23(20,21)13-7-8-15-14(11-13)17-16(19)10-12(3)22-15/h7-8,11-12H,4-6,9-10H2,1-3H3,(H,17,19). The fraction of sp³-hybridized carbons (Fsp3) is 0.562. The van der Waals surface area contributed by atoms with Gasteiger partial charge in [-0.05, 0) is 24.6 Å². The summed E-state index contributed by atoms with van der Waals surface area (Å²) in [7, 11) is -3.53. The lowest BCUT2D eigenvalue weighted by Crippen LogP contribution is -2.31. The highest BCUT2D eigenvalue weighted by molar-refractivity contribution is 8.00. The van der Waals surface area contributed by atoms with Crippen LogP contribution in [0.1, 0.15) is 40.0 Å². The second-order valence-electron chi connectivity index (χ2n) is 5.69. The van der Waals surface area contributed by atoms with E-state index in [0.717, 1.165) is 17.7 Å². The molecule has 0 bridgehead atoms. The largest absolute Gasteiger partial charge is 0.325 e. The predicted molar refractivity (Wildman–Crippen MR) is 94.3 cm³/mol. The smallest absolute Gasteiger partial charge is 0.243 e. The predicted octanol–water partition coefficient (Wildman–Crippen LogP) is 3.32. The molecule has 23 heavy (non-hydrogen) atoms. The quantitative estimate of drug-likeness (QED) is 0.849. The van der Waals surface area contributed by atoms with Gasteiger partial charge in [0.2, 0.25) is 15.9 Å². The molecule has 1 heterocycles. The maximum absolute atomic E-state index is 12.8. The average Bonchev–Trinajstić information content (AvgIpc) is 2.63. The summed E-state index contributed by atoms with van der Waals surface area (Å²) in [5.74, 6) is -0.0726. The first kappa shape index (κ1) is 18.3. The minimum absolute atomic E-state index is 0.0726. The van der Waals surface area contributed by atoms with Gasteiger partial charge in [0.25, 0.3) is 0 Å². The first-order chi connectivity index (χ1) is 10.9. The Bertz CT molecular complexity index is 674. The Kier molecular flexibility index (Phi) is 6.11. The average molecular weight is 357 g/mol. The molecule has 0 fully saturated rings. The molecule has 0 saturated carbocycles. The Morgan fingerprint density at radius 1 is 1.35 bits per heavy atom. The van der Waals surface area contributed by atoms with Crippen LogP contribution in [0.25, 0.3) is 0 Å². The first-order valence-electron chi connectivity index (χ1n) is 7.99. The fourth-order valence-electron chi connectivity index (χ4n) is 2.52. The number of fused-ring (bicyclic) bond motifs is 1. The molecule has 5 nitrogen and oxygen atoms in total. The van der Waals surface area contributed by atoms with Crippen LogP contribution in [0, 0.1) is 0 Å². The molecule has 0 spiro atoms. The molecule has 1 amide bonds. The van der Waals surface area contributed by atoms with Crippen molar-refractivity contribution in [1.29, 1.82) is 0 Å². The van der Waals surface area contributed by atoms with E-state index in [4.69, 9.17) is 0 Å². The zero-order valence-corrected chi connectivity index (χ0v) is 15.5. The van der Waals surface area contributed by atoms with E-state index < -0.39 is 10.0 Å². The van der Waals surface area contributed by atoms with Crippen LogP contribution in [0.5, 0.6) is 0 Å². The van der Waals surface area contributed by atoms with Crippen molar-refractivity contribution in [2.75, 3.05) is 18.4 Å². The van der Waals surface area contributed by atoms with Gasteiger partial charge in [-0.1, -0.05) is 27.2 Å². The third-order valence-corrected chi connectivity index (χ3v) is 6.93. The monoisotopic (exact) mass is 356 g/mol. The van der Waals surface area contributed by atoms with Crippen LogP contribution < -0.4 is 5.32 Å². The number of sulfonamides is 1. The molecule has 128 valence electrons. The number of nitrogens with zero attached hydrogens (tertiary/aromatic N) is 1. The van der Waals surface area contributed by atoms with Gasteiger partial charge in [0.1, 0.15) is 0 Å². The molecule has 0 radical (unpaired) electrons. The number of hydrogen-bond acceptors (Lipinski definition) is 4. The number of carbonyl (C=O) groups excluding carboxylic acids is 1. The van der Waals surface area contributed by atoms with E-state index in [1.165, 1.54) is 4.31 Å². The van der Waals surface area contributed by atoms with Crippen molar-refractivity contribution in [2.45, 2.75) is 55.1 Å². The lowest BCUT2D eigenvalue weighted by molar-refractivity contribution is -0.116. The Morgan fingerprint density at radius 3 is 2.74 bits per heavy atom. The van der Waals surface area contributed by atoms with Crippen LogP contribution in [0.3, 0.4) is 0 Å². The highest BCUT2D eigenvalue weighted by Gasteiger charge is 2.25. The van der Waals surface area contributed by atoms with Crippen molar-refractivity contribution in [1.82, 2.24) is 4.31 Å². The zero-order valence-electron chi connectivity index (χ0n) is 13.8. The van der Waals surface area contributed by atoms with Gasteiger partial charge in [-0.2, -0.15) is 4.31 Å². The molecular weight excluding hydrogens is 332 g/mol. The van der Waals surface area contributed by atoms with E-state index in [-0.39, 0.29) is 16.1 Å². The van der Waals surface area contributed by atoms with Gasteiger partial charge in [0, 0.05) is 29.7 Å². The van der Waals surface area contributed by atoms with Crippen molar-refractivity contribution >= 4 is 33.4 Å². The number of amides is 1. The van der Waals surface area contributed by atoms with E-state index in [9.17, 15) is 13.2 Å². The third-order valence-electron chi connectivity index (χ3n) is 3.78. The highest BCUT2D eigenvalue weighted by atomic mass is 32.2. The summed E-state index contributed by atoms with van der Waals surface area (Å²) >= 11 is 1.59. The molecule has 0 aliphatic carbocycles. The lowest BCUT2D eigenvalue weighted by Gasteiger charge is -2.21.